The summed E-state index contributed by atoms with van der Waals surface area (Å²) in [6.45, 7) is 3.89. The molecule has 1 aromatic heterocycles. The number of benzene rings is 2. The number of hydrogen-bond acceptors (Lipinski definition) is 3. The van der Waals surface area contributed by atoms with Gasteiger partial charge in [-0.25, -0.2) is 4.98 Å². The van der Waals surface area contributed by atoms with Crippen molar-refractivity contribution < 1.29 is 4.79 Å². The van der Waals surface area contributed by atoms with Crippen molar-refractivity contribution in [1.29, 1.82) is 0 Å². The summed E-state index contributed by atoms with van der Waals surface area (Å²) in [5.74, 6) is -0.00305. The fourth-order valence-electron chi connectivity index (χ4n) is 2.54. The standard InChI is InChI=1S/C20H20BrN3OS/c1-14(16-6-4-3-5-7-16)23-19(25)15(2)26-20-22-12-13-24(20)18-10-8-17(21)9-11-18/h3-15H,1-2H3,(H,23,25). The van der Waals surface area contributed by atoms with E-state index in [1.165, 1.54) is 11.8 Å². The molecule has 0 fully saturated rings. The number of imidazole rings is 1. The van der Waals surface area contributed by atoms with Gasteiger partial charge in [0, 0.05) is 22.6 Å². The molecular formula is C20H20BrN3OS. The van der Waals surface area contributed by atoms with Crippen LogP contribution < -0.4 is 5.32 Å². The van der Waals surface area contributed by atoms with Gasteiger partial charge in [0.05, 0.1) is 11.3 Å². The molecule has 3 aromatic rings. The molecule has 1 N–H and O–H groups in total. The van der Waals surface area contributed by atoms with E-state index in [1.54, 1.807) is 6.20 Å². The fraction of sp³-hybridized carbons (Fsp3) is 0.200. The lowest BCUT2D eigenvalue weighted by Crippen LogP contribution is -2.33. The van der Waals surface area contributed by atoms with Crippen LogP contribution in [0.25, 0.3) is 5.69 Å². The summed E-state index contributed by atoms with van der Waals surface area (Å²) in [4.78, 5) is 17.0. The Morgan fingerprint density at radius 1 is 1.12 bits per heavy atom. The Morgan fingerprint density at radius 3 is 2.50 bits per heavy atom. The van der Waals surface area contributed by atoms with Gasteiger partial charge in [0.15, 0.2) is 5.16 Å². The molecule has 134 valence electrons. The van der Waals surface area contributed by atoms with Crippen LogP contribution >= 0.6 is 27.7 Å². The zero-order valence-corrected chi connectivity index (χ0v) is 17.0. The number of amides is 1. The van der Waals surface area contributed by atoms with Crippen LogP contribution in [0.1, 0.15) is 25.5 Å². The Bertz CT molecular complexity index is 864. The Labute approximate surface area is 166 Å². The average molecular weight is 430 g/mol. The summed E-state index contributed by atoms with van der Waals surface area (Å²) in [5.41, 5.74) is 2.10. The van der Waals surface area contributed by atoms with Crippen molar-refractivity contribution in [3.8, 4) is 5.69 Å². The smallest absolute Gasteiger partial charge is 0.233 e. The molecule has 2 unspecified atom stereocenters. The Morgan fingerprint density at radius 2 is 1.81 bits per heavy atom. The molecule has 0 spiro atoms. The molecule has 1 amide bonds. The van der Waals surface area contributed by atoms with Gasteiger partial charge < -0.3 is 5.32 Å². The van der Waals surface area contributed by atoms with Crippen molar-refractivity contribution >= 4 is 33.6 Å². The van der Waals surface area contributed by atoms with Gasteiger partial charge in [-0.05, 0) is 43.7 Å². The van der Waals surface area contributed by atoms with Crippen molar-refractivity contribution in [3.05, 3.63) is 77.0 Å². The normalized spacial score (nSPS) is 13.2. The van der Waals surface area contributed by atoms with E-state index >= 15 is 0 Å². The van der Waals surface area contributed by atoms with E-state index in [9.17, 15) is 4.79 Å². The molecule has 2 aromatic carbocycles. The van der Waals surface area contributed by atoms with Gasteiger partial charge in [-0.1, -0.05) is 58.0 Å². The molecule has 3 rings (SSSR count). The molecule has 0 saturated heterocycles. The molecule has 4 nitrogen and oxygen atoms in total. The number of rotatable bonds is 6. The fourth-order valence-corrected chi connectivity index (χ4v) is 3.70. The third-order valence-electron chi connectivity index (χ3n) is 4.02. The minimum absolute atomic E-state index is 0.00305. The van der Waals surface area contributed by atoms with Crippen LogP contribution in [-0.2, 0) is 4.79 Å². The molecule has 0 saturated carbocycles. The third-order valence-corrected chi connectivity index (χ3v) is 5.63. The minimum atomic E-state index is -0.252. The van der Waals surface area contributed by atoms with E-state index in [-0.39, 0.29) is 17.2 Å². The molecule has 26 heavy (non-hydrogen) atoms. The van der Waals surface area contributed by atoms with Crippen LogP contribution in [0.2, 0.25) is 0 Å². The second-order valence-corrected chi connectivity index (χ2v) is 8.18. The van der Waals surface area contributed by atoms with E-state index in [4.69, 9.17) is 0 Å². The SMILES string of the molecule is CC(Sc1nccn1-c1ccc(Br)cc1)C(=O)NC(C)c1ccccc1. The van der Waals surface area contributed by atoms with Gasteiger partial charge >= 0.3 is 0 Å². The summed E-state index contributed by atoms with van der Waals surface area (Å²) < 4.78 is 3.01. The topological polar surface area (TPSA) is 46.9 Å². The van der Waals surface area contributed by atoms with Crippen LogP contribution in [0.15, 0.2) is 76.6 Å². The van der Waals surface area contributed by atoms with Gasteiger partial charge in [0.25, 0.3) is 0 Å². The van der Waals surface area contributed by atoms with Gasteiger partial charge in [-0.2, -0.15) is 0 Å². The van der Waals surface area contributed by atoms with Gasteiger partial charge in [0.2, 0.25) is 5.91 Å². The Balaban J connectivity index is 1.67. The van der Waals surface area contributed by atoms with Gasteiger partial charge in [-0.3, -0.25) is 9.36 Å². The third kappa shape index (κ3) is 4.56. The molecule has 1 heterocycles. The number of carbonyl (C=O) groups is 1. The zero-order chi connectivity index (χ0) is 18.5. The van der Waals surface area contributed by atoms with Crippen LogP contribution in [0, 0.1) is 0 Å². The number of halogens is 1. The second-order valence-electron chi connectivity index (χ2n) is 5.96. The first kappa shape index (κ1) is 18.7. The number of nitrogens with one attached hydrogen (secondary N) is 1. The first-order valence-electron chi connectivity index (χ1n) is 8.36. The number of aromatic nitrogens is 2. The van der Waals surface area contributed by atoms with Gasteiger partial charge in [-0.15, -0.1) is 0 Å². The predicted molar refractivity (Wildman–Crippen MR) is 110 cm³/mol. The van der Waals surface area contributed by atoms with Crippen LogP contribution in [-0.4, -0.2) is 20.7 Å². The van der Waals surface area contributed by atoms with E-state index < -0.39 is 0 Å². The second kappa shape index (κ2) is 8.56. The maximum atomic E-state index is 12.6. The number of nitrogens with zero attached hydrogens (tertiary/aromatic N) is 2. The zero-order valence-electron chi connectivity index (χ0n) is 14.6. The molecule has 0 aliphatic heterocycles. The predicted octanol–water partition coefficient (Wildman–Crippen LogP) is 4.99. The Hall–Kier alpha value is -2.05. The maximum Gasteiger partial charge on any atom is 0.233 e. The number of hydrogen-bond donors (Lipinski definition) is 1. The van der Waals surface area contributed by atoms with Crippen molar-refractivity contribution in [2.24, 2.45) is 0 Å². The highest BCUT2D eigenvalue weighted by Crippen LogP contribution is 2.26. The maximum absolute atomic E-state index is 12.6. The highest BCUT2D eigenvalue weighted by atomic mass is 79.9. The van der Waals surface area contributed by atoms with E-state index in [2.05, 4.69) is 26.2 Å². The van der Waals surface area contributed by atoms with Crippen LogP contribution in [0.3, 0.4) is 0 Å². The number of thioether (sulfide) groups is 1. The monoisotopic (exact) mass is 429 g/mol. The van der Waals surface area contributed by atoms with Crippen LogP contribution in [0.5, 0.6) is 0 Å². The highest BCUT2D eigenvalue weighted by Gasteiger charge is 2.19. The molecule has 0 aliphatic carbocycles. The summed E-state index contributed by atoms with van der Waals surface area (Å²) in [5, 5.41) is 3.61. The molecule has 0 bridgehead atoms. The lowest BCUT2D eigenvalue weighted by molar-refractivity contribution is -0.120. The molecule has 6 heteroatoms. The minimum Gasteiger partial charge on any atom is -0.349 e. The van der Waals surface area contributed by atoms with Crippen molar-refractivity contribution in [2.45, 2.75) is 30.3 Å². The number of carbonyl (C=O) groups excluding carboxylic acids is 1. The highest BCUT2D eigenvalue weighted by molar-refractivity contribution is 9.10. The average Bonchev–Trinajstić information content (AvgIpc) is 3.11. The molecular weight excluding hydrogens is 410 g/mol. The summed E-state index contributed by atoms with van der Waals surface area (Å²) in [7, 11) is 0. The lowest BCUT2D eigenvalue weighted by Gasteiger charge is -2.18. The Kier molecular flexibility index (Phi) is 6.16. The van der Waals surface area contributed by atoms with Crippen molar-refractivity contribution in [2.75, 3.05) is 0 Å². The lowest BCUT2D eigenvalue weighted by atomic mass is 10.1. The summed E-state index contributed by atoms with van der Waals surface area (Å²) >= 11 is 4.89. The van der Waals surface area contributed by atoms with Crippen molar-refractivity contribution in [3.63, 3.8) is 0 Å². The largest absolute Gasteiger partial charge is 0.349 e. The van der Waals surface area contributed by atoms with Crippen LogP contribution in [0.4, 0.5) is 0 Å². The van der Waals surface area contributed by atoms with E-state index in [0.29, 0.717) is 0 Å². The molecule has 0 aliphatic rings. The van der Waals surface area contributed by atoms with Crippen molar-refractivity contribution in [1.82, 2.24) is 14.9 Å². The first-order chi connectivity index (χ1) is 12.5. The van der Waals surface area contributed by atoms with Gasteiger partial charge in [0.1, 0.15) is 0 Å². The van der Waals surface area contributed by atoms with E-state index in [0.717, 1.165) is 20.9 Å². The summed E-state index contributed by atoms with van der Waals surface area (Å²) in [6, 6.07) is 17.9. The summed E-state index contributed by atoms with van der Waals surface area (Å²) in [6.07, 6.45) is 3.66. The van der Waals surface area contributed by atoms with E-state index in [1.807, 2.05) is 79.2 Å². The first-order valence-corrected chi connectivity index (χ1v) is 10.0. The molecule has 0 radical (unpaired) electrons. The molecule has 2 atom stereocenters. The quantitative estimate of drug-likeness (QED) is 0.561.